The molecular formula is C25H32Cl2N2O2. The minimum absolute atomic E-state index is 0.0351. The molecule has 1 N–H and O–H groups in total. The molecule has 0 aliphatic heterocycles. The third-order valence-corrected chi connectivity index (χ3v) is 6.33. The van der Waals surface area contributed by atoms with Crippen LogP contribution in [-0.4, -0.2) is 28.8 Å². The van der Waals surface area contributed by atoms with Gasteiger partial charge in [0.2, 0.25) is 11.8 Å². The van der Waals surface area contributed by atoms with Crippen molar-refractivity contribution in [3.8, 4) is 0 Å². The third kappa shape index (κ3) is 7.26. The van der Waals surface area contributed by atoms with Gasteiger partial charge >= 0.3 is 0 Å². The predicted octanol–water partition coefficient (Wildman–Crippen LogP) is 5.82. The van der Waals surface area contributed by atoms with E-state index < -0.39 is 6.04 Å². The Morgan fingerprint density at radius 2 is 1.55 bits per heavy atom. The van der Waals surface area contributed by atoms with Crippen molar-refractivity contribution in [2.24, 2.45) is 0 Å². The quantitative estimate of drug-likeness (QED) is 0.483. The van der Waals surface area contributed by atoms with E-state index in [-0.39, 0.29) is 24.4 Å². The first-order valence-electron chi connectivity index (χ1n) is 10.9. The summed E-state index contributed by atoms with van der Waals surface area (Å²) in [6, 6.07) is 12.9. The molecule has 0 saturated carbocycles. The van der Waals surface area contributed by atoms with Crippen molar-refractivity contribution < 1.29 is 9.59 Å². The van der Waals surface area contributed by atoms with Gasteiger partial charge in [-0.05, 0) is 56.4 Å². The smallest absolute Gasteiger partial charge is 0.242 e. The van der Waals surface area contributed by atoms with E-state index in [4.69, 9.17) is 23.2 Å². The lowest BCUT2D eigenvalue weighted by molar-refractivity contribution is -0.140. The first-order valence-corrected chi connectivity index (χ1v) is 11.6. The molecule has 0 saturated heterocycles. The van der Waals surface area contributed by atoms with Crippen molar-refractivity contribution in [1.29, 1.82) is 0 Å². The van der Waals surface area contributed by atoms with Gasteiger partial charge in [0.05, 0.1) is 0 Å². The van der Waals surface area contributed by atoms with Crippen molar-refractivity contribution in [3.05, 3.63) is 69.2 Å². The number of halogens is 2. The summed E-state index contributed by atoms with van der Waals surface area (Å²) < 4.78 is 0. The Morgan fingerprint density at radius 3 is 2.10 bits per heavy atom. The van der Waals surface area contributed by atoms with Gasteiger partial charge in [-0.25, -0.2) is 0 Å². The molecule has 0 heterocycles. The molecule has 31 heavy (non-hydrogen) atoms. The number of benzene rings is 2. The van der Waals surface area contributed by atoms with Gasteiger partial charge in [0.1, 0.15) is 6.04 Å². The zero-order chi connectivity index (χ0) is 23.0. The number of nitrogens with one attached hydrogen (secondary N) is 1. The zero-order valence-electron chi connectivity index (χ0n) is 18.8. The Kier molecular flexibility index (Phi) is 9.86. The topological polar surface area (TPSA) is 49.4 Å². The van der Waals surface area contributed by atoms with Crippen LogP contribution >= 0.6 is 23.2 Å². The monoisotopic (exact) mass is 462 g/mol. The summed E-state index contributed by atoms with van der Waals surface area (Å²) in [5.74, 6) is -0.291. The van der Waals surface area contributed by atoms with Gasteiger partial charge in [-0.1, -0.05) is 67.4 Å². The van der Waals surface area contributed by atoms with Crippen LogP contribution in [0.4, 0.5) is 0 Å². The molecule has 2 aromatic carbocycles. The molecule has 0 aliphatic rings. The average molecular weight is 463 g/mol. The molecule has 0 bridgehead atoms. The highest BCUT2D eigenvalue weighted by molar-refractivity contribution is 6.36. The van der Waals surface area contributed by atoms with Crippen LogP contribution in [0.1, 0.15) is 57.2 Å². The normalized spacial score (nSPS) is 12.8. The maximum absolute atomic E-state index is 13.2. The molecule has 0 aliphatic carbocycles. The van der Waals surface area contributed by atoms with E-state index in [1.165, 1.54) is 5.56 Å². The largest absolute Gasteiger partial charge is 0.352 e. The van der Waals surface area contributed by atoms with Gasteiger partial charge in [0, 0.05) is 34.6 Å². The molecule has 2 amide bonds. The third-order valence-electron chi connectivity index (χ3n) is 5.62. The lowest BCUT2D eigenvalue weighted by Gasteiger charge is -2.30. The number of rotatable bonds is 10. The minimum Gasteiger partial charge on any atom is -0.352 e. The SMILES string of the molecule is CCc1ccc(CCC(=O)N(Cc2c(Cl)cccc2Cl)[C@@H](C)C(=O)N[C@@H](C)CC)cc1. The van der Waals surface area contributed by atoms with Crippen molar-refractivity contribution in [3.63, 3.8) is 0 Å². The van der Waals surface area contributed by atoms with Gasteiger partial charge in [0.25, 0.3) is 0 Å². The minimum atomic E-state index is -0.642. The fourth-order valence-corrected chi connectivity index (χ4v) is 3.76. The predicted molar refractivity (Wildman–Crippen MR) is 129 cm³/mol. The second kappa shape index (κ2) is 12.1. The van der Waals surface area contributed by atoms with Gasteiger partial charge < -0.3 is 10.2 Å². The van der Waals surface area contributed by atoms with E-state index >= 15 is 0 Å². The summed E-state index contributed by atoms with van der Waals surface area (Å²) in [4.78, 5) is 27.6. The summed E-state index contributed by atoms with van der Waals surface area (Å²) in [7, 11) is 0. The van der Waals surface area contributed by atoms with Crippen molar-refractivity contribution >= 4 is 35.0 Å². The number of nitrogens with zero attached hydrogens (tertiary/aromatic N) is 1. The zero-order valence-corrected chi connectivity index (χ0v) is 20.3. The Hall–Kier alpha value is -2.04. The van der Waals surface area contributed by atoms with Gasteiger partial charge in [-0.2, -0.15) is 0 Å². The fraction of sp³-hybridized carbons (Fsp3) is 0.440. The van der Waals surface area contributed by atoms with E-state index in [1.54, 1.807) is 30.0 Å². The molecule has 0 fully saturated rings. The number of carbonyl (C=O) groups is 2. The van der Waals surface area contributed by atoms with E-state index in [0.29, 0.717) is 28.5 Å². The number of carbonyl (C=O) groups excluding carboxylic acids is 2. The molecule has 0 spiro atoms. The van der Waals surface area contributed by atoms with E-state index in [9.17, 15) is 9.59 Å². The van der Waals surface area contributed by atoms with E-state index in [1.807, 2.05) is 13.8 Å². The number of amides is 2. The molecule has 168 valence electrons. The molecule has 2 rings (SSSR count). The molecule has 0 aromatic heterocycles. The summed E-state index contributed by atoms with van der Waals surface area (Å²) in [5, 5.41) is 3.93. The molecule has 4 nitrogen and oxygen atoms in total. The lowest BCUT2D eigenvalue weighted by Crippen LogP contribution is -2.49. The van der Waals surface area contributed by atoms with Crippen molar-refractivity contribution in [1.82, 2.24) is 10.2 Å². The van der Waals surface area contributed by atoms with Gasteiger partial charge in [-0.15, -0.1) is 0 Å². The molecule has 2 atom stereocenters. The number of aryl methyl sites for hydroxylation is 2. The summed E-state index contributed by atoms with van der Waals surface area (Å²) in [5.41, 5.74) is 3.01. The number of hydrogen-bond donors (Lipinski definition) is 1. The first kappa shape index (κ1) is 25.2. The Bertz CT molecular complexity index is 863. The van der Waals surface area contributed by atoms with Crippen LogP contribution in [0.5, 0.6) is 0 Å². The Balaban J connectivity index is 2.20. The highest BCUT2D eigenvalue weighted by Crippen LogP contribution is 2.27. The summed E-state index contributed by atoms with van der Waals surface area (Å²) in [6.07, 6.45) is 2.70. The number of hydrogen-bond acceptors (Lipinski definition) is 2. The second-order valence-corrected chi connectivity index (χ2v) is 8.70. The van der Waals surface area contributed by atoms with Crippen LogP contribution < -0.4 is 5.32 Å². The Labute approximate surface area is 195 Å². The fourth-order valence-electron chi connectivity index (χ4n) is 3.24. The van der Waals surface area contributed by atoms with Crippen LogP contribution in [0.25, 0.3) is 0 Å². The molecule has 0 unspecified atom stereocenters. The summed E-state index contributed by atoms with van der Waals surface area (Å²) >= 11 is 12.7. The van der Waals surface area contributed by atoms with Crippen LogP contribution in [0.3, 0.4) is 0 Å². The van der Waals surface area contributed by atoms with Crippen LogP contribution in [0, 0.1) is 0 Å². The van der Waals surface area contributed by atoms with Crippen molar-refractivity contribution in [2.75, 3.05) is 0 Å². The van der Waals surface area contributed by atoms with Gasteiger partial charge in [0.15, 0.2) is 0 Å². The van der Waals surface area contributed by atoms with E-state index in [0.717, 1.165) is 18.4 Å². The van der Waals surface area contributed by atoms with Crippen molar-refractivity contribution in [2.45, 2.75) is 72.0 Å². The molecule has 6 heteroatoms. The highest BCUT2D eigenvalue weighted by atomic mass is 35.5. The first-order chi connectivity index (χ1) is 14.8. The molecule has 0 radical (unpaired) electrons. The van der Waals surface area contributed by atoms with Crippen LogP contribution in [0.15, 0.2) is 42.5 Å². The van der Waals surface area contributed by atoms with Crippen LogP contribution in [-0.2, 0) is 29.0 Å². The van der Waals surface area contributed by atoms with Gasteiger partial charge in [-0.3, -0.25) is 9.59 Å². The Morgan fingerprint density at radius 1 is 0.968 bits per heavy atom. The van der Waals surface area contributed by atoms with Crippen LogP contribution in [0.2, 0.25) is 10.0 Å². The maximum Gasteiger partial charge on any atom is 0.242 e. The highest BCUT2D eigenvalue weighted by Gasteiger charge is 2.27. The average Bonchev–Trinajstić information content (AvgIpc) is 2.77. The molecular weight excluding hydrogens is 431 g/mol. The standard InChI is InChI=1S/C25H32Cl2N2O2/c1-5-17(3)28-25(31)18(4)29(16-21-22(26)8-7-9-23(21)27)24(30)15-14-20-12-10-19(6-2)11-13-20/h7-13,17-18H,5-6,14-16H2,1-4H3,(H,28,31)/t17-,18-/m0/s1. The van der Waals surface area contributed by atoms with E-state index in [2.05, 4.69) is 36.5 Å². The second-order valence-electron chi connectivity index (χ2n) is 7.89. The molecule has 2 aromatic rings. The maximum atomic E-state index is 13.2. The summed E-state index contributed by atoms with van der Waals surface area (Å²) in [6.45, 7) is 7.99. The lowest BCUT2D eigenvalue weighted by atomic mass is 10.0.